The molecule has 6 heteroatoms. The van der Waals surface area contributed by atoms with Crippen molar-refractivity contribution >= 4 is 35.0 Å². The van der Waals surface area contributed by atoms with E-state index in [1.54, 1.807) is 24.3 Å². The van der Waals surface area contributed by atoms with Crippen molar-refractivity contribution in [2.24, 2.45) is 0 Å². The molecule has 0 saturated carbocycles. The fourth-order valence-electron chi connectivity index (χ4n) is 1.16. The second-order valence-corrected chi connectivity index (χ2v) is 3.95. The van der Waals surface area contributed by atoms with Crippen molar-refractivity contribution in [2.45, 2.75) is 0 Å². The Morgan fingerprint density at radius 1 is 1.18 bits per heavy atom. The average Bonchev–Trinajstić information content (AvgIpc) is 2.34. The van der Waals surface area contributed by atoms with Crippen LogP contribution in [0.15, 0.2) is 24.3 Å². The van der Waals surface area contributed by atoms with Gasteiger partial charge in [-0.3, -0.25) is 9.59 Å². The third kappa shape index (κ3) is 5.06. The van der Waals surface area contributed by atoms with Crippen LogP contribution in [-0.2, 0) is 4.79 Å². The van der Waals surface area contributed by atoms with Crippen molar-refractivity contribution in [3.63, 3.8) is 0 Å². The lowest BCUT2D eigenvalue weighted by Crippen LogP contribution is -2.35. The van der Waals surface area contributed by atoms with Gasteiger partial charge in [0.05, 0.1) is 0 Å². The Bertz CT molecular complexity index is 410. The van der Waals surface area contributed by atoms with E-state index in [-0.39, 0.29) is 17.7 Å². The number of halogens is 2. The third-order valence-electron chi connectivity index (χ3n) is 1.94. The van der Waals surface area contributed by atoms with Gasteiger partial charge in [-0.25, -0.2) is 0 Å². The molecule has 2 amide bonds. The zero-order valence-electron chi connectivity index (χ0n) is 9.00. The van der Waals surface area contributed by atoms with Crippen LogP contribution in [0.25, 0.3) is 0 Å². The molecule has 1 aromatic carbocycles. The fraction of sp³-hybridized carbons (Fsp3) is 0.273. The molecule has 1 rings (SSSR count). The summed E-state index contributed by atoms with van der Waals surface area (Å²) in [7, 11) is 0. The molecule has 0 bridgehead atoms. The van der Waals surface area contributed by atoms with Crippen molar-refractivity contribution in [1.29, 1.82) is 0 Å². The summed E-state index contributed by atoms with van der Waals surface area (Å²) in [4.78, 5) is 22.4. The summed E-state index contributed by atoms with van der Waals surface area (Å²) < 4.78 is 0. The van der Waals surface area contributed by atoms with Crippen LogP contribution in [0.2, 0.25) is 5.02 Å². The highest BCUT2D eigenvalue weighted by molar-refractivity contribution is 6.31. The lowest BCUT2D eigenvalue weighted by atomic mass is 10.2. The van der Waals surface area contributed by atoms with Gasteiger partial charge in [-0.1, -0.05) is 17.7 Å². The normalized spacial score (nSPS) is 9.76. The predicted molar refractivity (Wildman–Crippen MR) is 67.5 cm³/mol. The van der Waals surface area contributed by atoms with Crippen LogP contribution in [-0.4, -0.2) is 30.8 Å². The standard InChI is InChI=1S/C11H12Cl2N2O2/c12-7-10(16)14-4-5-15-11(17)8-2-1-3-9(13)6-8/h1-3,6H,4-5,7H2,(H,14,16)(H,15,17). The molecule has 0 heterocycles. The minimum atomic E-state index is -0.260. The van der Waals surface area contributed by atoms with Gasteiger partial charge in [0.15, 0.2) is 0 Å². The molecule has 0 unspecified atom stereocenters. The van der Waals surface area contributed by atoms with E-state index in [9.17, 15) is 9.59 Å². The summed E-state index contributed by atoms with van der Waals surface area (Å²) in [6.45, 7) is 0.686. The molecule has 0 aromatic heterocycles. The Morgan fingerprint density at radius 2 is 1.88 bits per heavy atom. The van der Waals surface area contributed by atoms with Gasteiger partial charge in [-0.2, -0.15) is 0 Å². The van der Waals surface area contributed by atoms with Crippen molar-refractivity contribution in [1.82, 2.24) is 10.6 Å². The summed E-state index contributed by atoms with van der Waals surface area (Å²) >= 11 is 11.1. The second-order valence-electron chi connectivity index (χ2n) is 3.25. The van der Waals surface area contributed by atoms with Gasteiger partial charge in [0.2, 0.25) is 5.91 Å². The first-order chi connectivity index (χ1) is 8.13. The number of hydrogen-bond acceptors (Lipinski definition) is 2. The molecule has 0 aliphatic heterocycles. The lowest BCUT2D eigenvalue weighted by Gasteiger charge is -2.06. The molecule has 0 spiro atoms. The number of nitrogens with one attached hydrogen (secondary N) is 2. The smallest absolute Gasteiger partial charge is 0.251 e. The Hall–Kier alpha value is -1.26. The van der Waals surface area contributed by atoms with Gasteiger partial charge in [0.1, 0.15) is 5.88 Å². The number of carbonyl (C=O) groups excluding carboxylic acids is 2. The SMILES string of the molecule is O=C(CCl)NCCNC(=O)c1cccc(Cl)c1. The van der Waals surface area contributed by atoms with E-state index in [0.29, 0.717) is 23.7 Å². The van der Waals surface area contributed by atoms with Gasteiger partial charge in [0.25, 0.3) is 5.91 Å². The number of rotatable bonds is 5. The maximum atomic E-state index is 11.6. The van der Waals surface area contributed by atoms with Gasteiger partial charge in [-0.15, -0.1) is 11.6 Å². The van der Waals surface area contributed by atoms with E-state index in [1.807, 2.05) is 0 Å². The Labute approximate surface area is 109 Å². The van der Waals surface area contributed by atoms with Crippen LogP contribution in [0, 0.1) is 0 Å². The van der Waals surface area contributed by atoms with Crippen LogP contribution in [0.3, 0.4) is 0 Å². The van der Waals surface area contributed by atoms with Crippen LogP contribution in [0.5, 0.6) is 0 Å². The van der Waals surface area contributed by atoms with E-state index in [4.69, 9.17) is 23.2 Å². The highest BCUT2D eigenvalue weighted by Gasteiger charge is 2.05. The topological polar surface area (TPSA) is 58.2 Å². The molecule has 0 aliphatic carbocycles. The molecule has 1 aromatic rings. The molecule has 0 fully saturated rings. The minimum Gasteiger partial charge on any atom is -0.353 e. The summed E-state index contributed by atoms with van der Waals surface area (Å²) in [6, 6.07) is 6.64. The van der Waals surface area contributed by atoms with Gasteiger partial charge < -0.3 is 10.6 Å². The highest BCUT2D eigenvalue weighted by Crippen LogP contribution is 2.10. The summed E-state index contributed by atoms with van der Waals surface area (Å²) in [5.41, 5.74) is 0.487. The van der Waals surface area contributed by atoms with Gasteiger partial charge >= 0.3 is 0 Å². The molecule has 0 atom stereocenters. The predicted octanol–water partition coefficient (Wildman–Crippen LogP) is 1.42. The molecule has 0 aliphatic rings. The first kappa shape index (κ1) is 13.8. The Morgan fingerprint density at radius 3 is 2.53 bits per heavy atom. The maximum Gasteiger partial charge on any atom is 0.251 e. The molecule has 92 valence electrons. The van der Waals surface area contributed by atoms with Crippen LogP contribution >= 0.6 is 23.2 Å². The number of hydrogen-bond donors (Lipinski definition) is 2. The molecule has 0 saturated heterocycles. The lowest BCUT2D eigenvalue weighted by molar-refractivity contribution is -0.118. The second kappa shape index (κ2) is 7.14. The van der Waals surface area contributed by atoms with Crippen molar-refractivity contribution in [3.05, 3.63) is 34.9 Å². The summed E-state index contributed by atoms with van der Waals surface area (Å²) in [5, 5.41) is 5.70. The quantitative estimate of drug-likeness (QED) is 0.630. The third-order valence-corrected chi connectivity index (χ3v) is 2.42. The molecular formula is C11H12Cl2N2O2. The van der Waals surface area contributed by atoms with Gasteiger partial charge in [0, 0.05) is 23.7 Å². The van der Waals surface area contributed by atoms with Crippen LogP contribution in [0.1, 0.15) is 10.4 Å². The van der Waals surface area contributed by atoms with Crippen LogP contribution in [0.4, 0.5) is 0 Å². The van der Waals surface area contributed by atoms with E-state index in [2.05, 4.69) is 10.6 Å². The molecule has 17 heavy (non-hydrogen) atoms. The number of alkyl halides is 1. The fourth-order valence-corrected chi connectivity index (χ4v) is 1.44. The first-order valence-electron chi connectivity index (χ1n) is 5.00. The first-order valence-corrected chi connectivity index (χ1v) is 5.91. The van der Waals surface area contributed by atoms with E-state index in [1.165, 1.54) is 0 Å². The summed E-state index contributed by atoms with van der Waals surface area (Å²) in [5.74, 6) is -0.571. The van der Waals surface area contributed by atoms with Crippen molar-refractivity contribution in [3.8, 4) is 0 Å². The summed E-state index contributed by atoms with van der Waals surface area (Å²) in [6.07, 6.45) is 0. The highest BCUT2D eigenvalue weighted by atomic mass is 35.5. The van der Waals surface area contributed by atoms with Crippen LogP contribution < -0.4 is 10.6 Å². The number of carbonyl (C=O) groups is 2. The number of amides is 2. The van der Waals surface area contributed by atoms with Gasteiger partial charge in [-0.05, 0) is 18.2 Å². The zero-order valence-corrected chi connectivity index (χ0v) is 10.5. The number of benzene rings is 1. The van der Waals surface area contributed by atoms with Crippen molar-refractivity contribution in [2.75, 3.05) is 19.0 Å². The zero-order chi connectivity index (χ0) is 12.7. The Kier molecular flexibility index (Phi) is 5.80. The molecule has 2 N–H and O–H groups in total. The van der Waals surface area contributed by atoms with E-state index < -0.39 is 0 Å². The average molecular weight is 275 g/mol. The maximum absolute atomic E-state index is 11.6. The largest absolute Gasteiger partial charge is 0.353 e. The molecule has 0 radical (unpaired) electrons. The minimum absolute atomic E-state index is 0.0811. The molecular weight excluding hydrogens is 263 g/mol. The van der Waals surface area contributed by atoms with E-state index in [0.717, 1.165) is 0 Å². The molecule has 4 nitrogen and oxygen atoms in total. The monoisotopic (exact) mass is 274 g/mol. The van der Waals surface area contributed by atoms with E-state index >= 15 is 0 Å². The Balaban J connectivity index is 2.33. The van der Waals surface area contributed by atoms with Crippen molar-refractivity contribution < 1.29 is 9.59 Å².